The van der Waals surface area contributed by atoms with Gasteiger partial charge in [-0.05, 0) is 36.5 Å². The van der Waals surface area contributed by atoms with Crippen LogP contribution in [0.3, 0.4) is 0 Å². The predicted molar refractivity (Wildman–Crippen MR) is 99.4 cm³/mol. The Kier molecular flexibility index (Phi) is 5.59. The van der Waals surface area contributed by atoms with Crippen molar-refractivity contribution in [1.29, 1.82) is 0 Å². The van der Waals surface area contributed by atoms with Crippen molar-refractivity contribution in [2.24, 2.45) is 0 Å². The molecule has 1 amide bonds. The summed E-state index contributed by atoms with van der Waals surface area (Å²) in [5.74, 6) is 1.13. The molecule has 3 rings (SSSR count). The van der Waals surface area contributed by atoms with Crippen LogP contribution in [0.4, 0.5) is 0 Å². The number of hydrogen-bond acceptors (Lipinski definition) is 4. The third kappa shape index (κ3) is 4.48. The van der Waals surface area contributed by atoms with Crippen LogP contribution >= 0.6 is 23.1 Å². The summed E-state index contributed by atoms with van der Waals surface area (Å²) >= 11 is 3.24. The molecule has 1 aliphatic carbocycles. The van der Waals surface area contributed by atoms with E-state index in [4.69, 9.17) is 0 Å². The third-order valence-corrected chi connectivity index (χ3v) is 6.52. The third-order valence-electron chi connectivity index (χ3n) is 4.36. The van der Waals surface area contributed by atoms with Gasteiger partial charge in [-0.25, -0.2) is 4.98 Å². The van der Waals surface area contributed by atoms with Crippen molar-refractivity contribution in [3.05, 3.63) is 23.8 Å². The molecule has 1 aromatic heterocycles. The minimum atomic E-state index is 0.143. The van der Waals surface area contributed by atoms with Crippen molar-refractivity contribution in [2.45, 2.75) is 62.3 Å². The first-order valence-corrected chi connectivity index (χ1v) is 10.2. The molecule has 1 aliphatic rings. The largest absolute Gasteiger partial charge is 0.353 e. The van der Waals surface area contributed by atoms with Gasteiger partial charge in [0, 0.05) is 6.04 Å². The summed E-state index contributed by atoms with van der Waals surface area (Å²) in [5, 5.41) is 3.16. The Labute approximate surface area is 146 Å². The number of amides is 1. The molecule has 5 heteroatoms. The smallest absolute Gasteiger partial charge is 0.230 e. The Morgan fingerprint density at radius 1 is 1.35 bits per heavy atom. The van der Waals surface area contributed by atoms with E-state index in [0.29, 0.717) is 17.7 Å². The van der Waals surface area contributed by atoms with Gasteiger partial charge in [-0.15, -0.1) is 11.3 Å². The Hall–Kier alpha value is -1.07. The summed E-state index contributed by atoms with van der Waals surface area (Å²) in [6.07, 6.45) is 6.07. The lowest BCUT2D eigenvalue weighted by molar-refractivity contribution is -0.119. The highest BCUT2D eigenvalue weighted by Crippen LogP contribution is 2.31. The molecule has 1 saturated carbocycles. The highest BCUT2D eigenvalue weighted by atomic mass is 32.2. The lowest BCUT2D eigenvalue weighted by atomic mass is 9.95. The number of nitrogens with one attached hydrogen (secondary N) is 1. The molecule has 0 aliphatic heterocycles. The molecule has 124 valence electrons. The van der Waals surface area contributed by atoms with E-state index in [1.807, 2.05) is 0 Å². The number of benzene rings is 1. The van der Waals surface area contributed by atoms with Crippen LogP contribution in [0.2, 0.25) is 0 Å². The second-order valence-corrected chi connectivity index (χ2v) is 8.81. The minimum absolute atomic E-state index is 0.143. The van der Waals surface area contributed by atoms with Crippen LogP contribution in [0, 0.1) is 0 Å². The fourth-order valence-corrected chi connectivity index (χ4v) is 4.91. The maximum absolute atomic E-state index is 12.1. The van der Waals surface area contributed by atoms with Crippen LogP contribution in [0.1, 0.15) is 57.4 Å². The summed E-state index contributed by atoms with van der Waals surface area (Å²) in [7, 11) is 0. The molecule has 0 spiro atoms. The van der Waals surface area contributed by atoms with Gasteiger partial charge >= 0.3 is 0 Å². The minimum Gasteiger partial charge on any atom is -0.353 e. The van der Waals surface area contributed by atoms with Gasteiger partial charge in [0.2, 0.25) is 5.91 Å². The van der Waals surface area contributed by atoms with Crippen LogP contribution < -0.4 is 5.32 Å². The zero-order valence-corrected chi connectivity index (χ0v) is 15.4. The van der Waals surface area contributed by atoms with Gasteiger partial charge in [0.05, 0.1) is 16.0 Å². The molecule has 0 saturated heterocycles. The van der Waals surface area contributed by atoms with Crippen molar-refractivity contribution in [3.8, 4) is 0 Å². The molecule has 1 heterocycles. The molecule has 1 fully saturated rings. The van der Waals surface area contributed by atoms with Gasteiger partial charge in [-0.1, -0.05) is 50.9 Å². The predicted octanol–water partition coefficient (Wildman–Crippen LogP) is 4.96. The van der Waals surface area contributed by atoms with Gasteiger partial charge in [0.25, 0.3) is 0 Å². The van der Waals surface area contributed by atoms with Crippen molar-refractivity contribution in [2.75, 3.05) is 5.75 Å². The summed E-state index contributed by atoms with van der Waals surface area (Å²) in [6.45, 7) is 4.40. The molecule has 2 aromatic rings. The molecule has 0 radical (unpaired) electrons. The maximum atomic E-state index is 12.1. The molecular weight excluding hydrogens is 324 g/mol. The molecule has 0 bridgehead atoms. The highest BCUT2D eigenvalue weighted by molar-refractivity contribution is 8.01. The van der Waals surface area contributed by atoms with Crippen molar-refractivity contribution < 1.29 is 4.79 Å². The van der Waals surface area contributed by atoms with Gasteiger partial charge in [0.1, 0.15) is 0 Å². The van der Waals surface area contributed by atoms with Crippen LogP contribution in [0.25, 0.3) is 10.2 Å². The SMILES string of the molecule is CC(C)c1ccc2nc(SCC(=O)NC3CCCCC3)sc2c1. The summed E-state index contributed by atoms with van der Waals surface area (Å²) in [4.78, 5) is 16.7. The Morgan fingerprint density at radius 2 is 2.13 bits per heavy atom. The highest BCUT2D eigenvalue weighted by Gasteiger charge is 2.16. The van der Waals surface area contributed by atoms with E-state index in [0.717, 1.165) is 22.7 Å². The molecule has 3 nitrogen and oxygen atoms in total. The lowest BCUT2D eigenvalue weighted by Crippen LogP contribution is -2.37. The van der Waals surface area contributed by atoms with E-state index in [-0.39, 0.29) is 5.91 Å². The van der Waals surface area contributed by atoms with Gasteiger partial charge in [0.15, 0.2) is 4.34 Å². The fraction of sp³-hybridized carbons (Fsp3) is 0.556. The van der Waals surface area contributed by atoms with Crippen molar-refractivity contribution >= 4 is 39.2 Å². The van der Waals surface area contributed by atoms with Gasteiger partial charge in [-0.2, -0.15) is 0 Å². The van der Waals surface area contributed by atoms with E-state index < -0.39 is 0 Å². The quantitative estimate of drug-likeness (QED) is 0.777. The number of thioether (sulfide) groups is 1. The van der Waals surface area contributed by atoms with Gasteiger partial charge < -0.3 is 5.32 Å². The molecular formula is C18H24N2OS2. The Morgan fingerprint density at radius 3 is 2.87 bits per heavy atom. The monoisotopic (exact) mass is 348 g/mol. The van der Waals surface area contributed by atoms with Crippen LogP contribution in [0.15, 0.2) is 22.5 Å². The number of thiazole rings is 1. The number of rotatable bonds is 5. The second kappa shape index (κ2) is 7.67. The first kappa shape index (κ1) is 16.8. The fourth-order valence-electron chi connectivity index (χ4n) is 2.98. The first-order valence-electron chi connectivity index (χ1n) is 8.44. The van der Waals surface area contributed by atoms with E-state index in [1.54, 1.807) is 23.1 Å². The summed E-state index contributed by atoms with van der Waals surface area (Å²) in [6, 6.07) is 6.86. The molecule has 0 unspecified atom stereocenters. The summed E-state index contributed by atoms with van der Waals surface area (Å²) in [5.41, 5.74) is 2.38. The molecule has 1 N–H and O–H groups in total. The van der Waals surface area contributed by atoms with Crippen molar-refractivity contribution in [1.82, 2.24) is 10.3 Å². The zero-order valence-electron chi connectivity index (χ0n) is 13.8. The van der Waals surface area contributed by atoms with Crippen LogP contribution in [0.5, 0.6) is 0 Å². The maximum Gasteiger partial charge on any atom is 0.230 e. The number of aromatic nitrogens is 1. The van der Waals surface area contributed by atoms with E-state index in [2.05, 4.69) is 42.3 Å². The number of nitrogens with zero attached hydrogens (tertiary/aromatic N) is 1. The topological polar surface area (TPSA) is 42.0 Å². The number of carbonyl (C=O) groups excluding carboxylic acids is 1. The zero-order chi connectivity index (χ0) is 16.2. The number of carbonyl (C=O) groups is 1. The number of fused-ring (bicyclic) bond motifs is 1. The van der Waals surface area contributed by atoms with Crippen LogP contribution in [-0.4, -0.2) is 22.7 Å². The summed E-state index contributed by atoms with van der Waals surface area (Å²) < 4.78 is 2.20. The van der Waals surface area contributed by atoms with E-state index in [1.165, 1.54) is 29.5 Å². The van der Waals surface area contributed by atoms with Crippen molar-refractivity contribution in [3.63, 3.8) is 0 Å². The van der Waals surface area contributed by atoms with Gasteiger partial charge in [-0.3, -0.25) is 4.79 Å². The first-order chi connectivity index (χ1) is 11.1. The standard InChI is InChI=1S/C18H24N2OS2/c1-12(2)13-8-9-15-16(10-13)23-18(20-15)22-11-17(21)19-14-6-4-3-5-7-14/h8-10,12,14H,3-7,11H2,1-2H3,(H,19,21). The normalized spacial score (nSPS) is 16.1. The van der Waals surface area contributed by atoms with E-state index >= 15 is 0 Å². The molecule has 1 aromatic carbocycles. The lowest BCUT2D eigenvalue weighted by Gasteiger charge is -2.22. The second-order valence-electron chi connectivity index (χ2n) is 6.55. The molecule has 0 atom stereocenters. The number of hydrogen-bond donors (Lipinski definition) is 1. The van der Waals surface area contributed by atoms with E-state index in [9.17, 15) is 4.79 Å². The molecule has 23 heavy (non-hydrogen) atoms. The Balaban J connectivity index is 1.57. The Bertz CT molecular complexity index is 675. The average molecular weight is 349 g/mol. The average Bonchev–Trinajstić information content (AvgIpc) is 2.96. The van der Waals surface area contributed by atoms with Crippen LogP contribution in [-0.2, 0) is 4.79 Å².